The van der Waals surface area contributed by atoms with Gasteiger partial charge in [0.2, 0.25) is 11.8 Å². The molecule has 3 rings (SSSR count). The fourth-order valence-electron chi connectivity index (χ4n) is 2.88. The van der Waals surface area contributed by atoms with Crippen molar-refractivity contribution in [2.45, 2.75) is 32.4 Å². The maximum absolute atomic E-state index is 12.6. The van der Waals surface area contributed by atoms with E-state index in [1.807, 2.05) is 43.3 Å². The van der Waals surface area contributed by atoms with Crippen molar-refractivity contribution in [3.05, 3.63) is 59.9 Å². The smallest absolute Gasteiger partial charge is 0.243 e. The third-order valence-electron chi connectivity index (χ3n) is 4.04. The van der Waals surface area contributed by atoms with Gasteiger partial charge in [-0.15, -0.1) is 0 Å². The molecule has 0 saturated heterocycles. The van der Waals surface area contributed by atoms with Crippen LogP contribution in [0.15, 0.2) is 48.8 Å². The van der Waals surface area contributed by atoms with Crippen LogP contribution in [0.1, 0.15) is 24.5 Å². The molecule has 1 atom stereocenters. The van der Waals surface area contributed by atoms with Crippen molar-refractivity contribution < 1.29 is 9.59 Å². The second-order valence-corrected chi connectivity index (χ2v) is 5.55. The summed E-state index contributed by atoms with van der Waals surface area (Å²) in [6, 6.07) is 11.0. The number of hydrogen-bond acceptors (Lipinski definition) is 3. The Morgan fingerprint density at radius 3 is 2.83 bits per heavy atom. The Hall–Kier alpha value is -2.69. The zero-order valence-corrected chi connectivity index (χ0v) is 13.0. The minimum atomic E-state index is -0.475. The van der Waals surface area contributed by atoms with E-state index in [4.69, 9.17) is 0 Å². The molecule has 2 amide bonds. The summed E-state index contributed by atoms with van der Waals surface area (Å²) in [5.74, 6) is -0.164. The Morgan fingerprint density at radius 2 is 2.09 bits per heavy atom. The van der Waals surface area contributed by atoms with Crippen molar-refractivity contribution in [1.29, 1.82) is 0 Å². The summed E-state index contributed by atoms with van der Waals surface area (Å²) in [6.45, 7) is 2.22. The predicted molar refractivity (Wildman–Crippen MR) is 87.8 cm³/mol. The fraction of sp³-hybridized carbons (Fsp3) is 0.278. The van der Waals surface area contributed by atoms with E-state index < -0.39 is 6.04 Å². The Labute approximate surface area is 135 Å². The minimum Gasteiger partial charge on any atom is -0.350 e. The second-order valence-electron chi connectivity index (χ2n) is 5.55. The van der Waals surface area contributed by atoms with Gasteiger partial charge < -0.3 is 5.32 Å². The highest BCUT2D eigenvalue weighted by Gasteiger charge is 2.37. The lowest BCUT2D eigenvalue weighted by Gasteiger charge is -2.24. The molecule has 1 aliphatic rings. The molecule has 0 fully saturated rings. The van der Waals surface area contributed by atoms with Gasteiger partial charge in [-0.3, -0.25) is 19.5 Å². The zero-order valence-electron chi connectivity index (χ0n) is 13.0. The molecule has 118 valence electrons. The number of carbonyl (C=O) groups is 2. The number of pyridine rings is 1. The molecule has 0 unspecified atom stereocenters. The van der Waals surface area contributed by atoms with Crippen molar-refractivity contribution >= 4 is 17.5 Å². The molecule has 1 N–H and O–H groups in total. The van der Waals surface area contributed by atoms with Crippen LogP contribution in [0.3, 0.4) is 0 Å². The number of carbonyl (C=O) groups excluding carboxylic acids is 2. The molecule has 0 radical (unpaired) electrons. The number of fused-ring (bicyclic) bond motifs is 1. The number of hydrogen-bond donors (Lipinski definition) is 1. The highest BCUT2D eigenvalue weighted by Crippen LogP contribution is 2.32. The Morgan fingerprint density at radius 1 is 1.26 bits per heavy atom. The lowest BCUT2D eigenvalue weighted by Crippen LogP contribution is -2.47. The van der Waals surface area contributed by atoms with Crippen molar-refractivity contribution in [2.75, 3.05) is 4.90 Å². The predicted octanol–water partition coefficient (Wildman–Crippen LogP) is 2.07. The van der Waals surface area contributed by atoms with Crippen molar-refractivity contribution in [3.8, 4) is 0 Å². The van der Waals surface area contributed by atoms with Crippen LogP contribution in [0.4, 0.5) is 5.69 Å². The van der Waals surface area contributed by atoms with Gasteiger partial charge in [0, 0.05) is 37.5 Å². The first-order valence-corrected chi connectivity index (χ1v) is 7.77. The lowest BCUT2D eigenvalue weighted by atomic mass is 10.1. The summed E-state index contributed by atoms with van der Waals surface area (Å²) in [4.78, 5) is 30.6. The number of para-hydroxylation sites is 1. The minimum absolute atomic E-state index is 0.0310. The van der Waals surface area contributed by atoms with Gasteiger partial charge in [-0.1, -0.05) is 31.2 Å². The van der Waals surface area contributed by atoms with E-state index >= 15 is 0 Å². The quantitative estimate of drug-likeness (QED) is 0.940. The van der Waals surface area contributed by atoms with E-state index in [1.165, 1.54) is 0 Å². The SMILES string of the molecule is CCC(=O)N1c2ccccc2C[C@H]1C(=O)NCc1cccnc1. The summed E-state index contributed by atoms with van der Waals surface area (Å²) in [6.07, 6.45) is 4.35. The zero-order chi connectivity index (χ0) is 16.2. The third-order valence-corrected chi connectivity index (χ3v) is 4.04. The number of aromatic nitrogens is 1. The monoisotopic (exact) mass is 309 g/mol. The van der Waals surface area contributed by atoms with E-state index in [9.17, 15) is 9.59 Å². The van der Waals surface area contributed by atoms with E-state index in [0.717, 1.165) is 16.8 Å². The number of benzene rings is 1. The molecule has 2 heterocycles. The summed E-state index contributed by atoms with van der Waals surface area (Å²) >= 11 is 0. The van der Waals surface area contributed by atoms with Gasteiger partial charge in [-0.25, -0.2) is 0 Å². The molecular weight excluding hydrogens is 290 g/mol. The number of nitrogens with one attached hydrogen (secondary N) is 1. The number of anilines is 1. The average Bonchev–Trinajstić information content (AvgIpc) is 2.99. The first-order valence-electron chi connectivity index (χ1n) is 7.77. The maximum atomic E-state index is 12.6. The summed E-state index contributed by atoms with van der Waals surface area (Å²) in [5, 5.41) is 2.91. The van der Waals surface area contributed by atoms with Gasteiger partial charge in [0.15, 0.2) is 0 Å². The molecule has 5 nitrogen and oxygen atoms in total. The number of amides is 2. The van der Waals surface area contributed by atoms with E-state index in [2.05, 4.69) is 10.3 Å². The molecule has 2 aromatic rings. The Bertz CT molecular complexity index is 715. The molecular formula is C18H19N3O2. The van der Waals surface area contributed by atoms with Crippen LogP contribution >= 0.6 is 0 Å². The molecule has 23 heavy (non-hydrogen) atoms. The molecule has 1 aromatic heterocycles. The van der Waals surface area contributed by atoms with Crippen LogP contribution < -0.4 is 10.2 Å². The second kappa shape index (κ2) is 6.60. The summed E-state index contributed by atoms with van der Waals surface area (Å²) in [5.41, 5.74) is 2.82. The number of rotatable bonds is 4. The van der Waals surface area contributed by atoms with E-state index in [1.54, 1.807) is 17.3 Å². The molecule has 5 heteroatoms. The summed E-state index contributed by atoms with van der Waals surface area (Å²) in [7, 11) is 0. The van der Waals surface area contributed by atoms with Gasteiger partial charge >= 0.3 is 0 Å². The van der Waals surface area contributed by atoms with Gasteiger partial charge in [0.1, 0.15) is 6.04 Å². The maximum Gasteiger partial charge on any atom is 0.243 e. The van der Waals surface area contributed by atoms with Gasteiger partial charge in [0.25, 0.3) is 0 Å². The Balaban J connectivity index is 1.76. The molecule has 1 aliphatic heterocycles. The molecule has 0 aliphatic carbocycles. The van der Waals surface area contributed by atoms with Crippen molar-refractivity contribution in [3.63, 3.8) is 0 Å². The van der Waals surface area contributed by atoms with E-state index in [-0.39, 0.29) is 11.8 Å². The van der Waals surface area contributed by atoms with Gasteiger partial charge in [-0.2, -0.15) is 0 Å². The van der Waals surface area contributed by atoms with E-state index in [0.29, 0.717) is 19.4 Å². The molecule has 0 bridgehead atoms. The van der Waals surface area contributed by atoms with Crippen LogP contribution in [-0.4, -0.2) is 22.8 Å². The fourth-order valence-corrected chi connectivity index (χ4v) is 2.88. The van der Waals surface area contributed by atoms with Gasteiger partial charge in [0.05, 0.1) is 0 Å². The van der Waals surface area contributed by atoms with Crippen LogP contribution in [0.25, 0.3) is 0 Å². The van der Waals surface area contributed by atoms with Crippen LogP contribution in [0.5, 0.6) is 0 Å². The topological polar surface area (TPSA) is 62.3 Å². The van der Waals surface area contributed by atoms with Crippen LogP contribution in [0, 0.1) is 0 Å². The lowest BCUT2D eigenvalue weighted by molar-refractivity contribution is -0.126. The van der Waals surface area contributed by atoms with Crippen LogP contribution in [0.2, 0.25) is 0 Å². The van der Waals surface area contributed by atoms with Crippen LogP contribution in [-0.2, 0) is 22.6 Å². The molecule has 0 saturated carbocycles. The standard InChI is InChI=1S/C18H19N3O2/c1-2-17(22)21-15-8-4-3-7-14(15)10-16(21)18(23)20-12-13-6-5-9-19-11-13/h3-9,11,16H,2,10,12H2,1H3,(H,20,23)/t16-/m0/s1. The largest absolute Gasteiger partial charge is 0.350 e. The highest BCUT2D eigenvalue weighted by molar-refractivity contribution is 6.03. The first kappa shape index (κ1) is 15.2. The number of nitrogens with zero attached hydrogens (tertiary/aromatic N) is 2. The average molecular weight is 309 g/mol. The van der Waals surface area contributed by atoms with Crippen molar-refractivity contribution in [2.24, 2.45) is 0 Å². The summed E-state index contributed by atoms with van der Waals surface area (Å²) < 4.78 is 0. The van der Waals surface area contributed by atoms with Crippen molar-refractivity contribution in [1.82, 2.24) is 10.3 Å². The molecule has 0 spiro atoms. The van der Waals surface area contributed by atoms with Gasteiger partial charge in [-0.05, 0) is 23.3 Å². The Kier molecular flexibility index (Phi) is 4.37. The normalized spacial score (nSPS) is 16.0. The molecule has 1 aromatic carbocycles. The first-order chi connectivity index (χ1) is 11.2. The third kappa shape index (κ3) is 3.08. The highest BCUT2D eigenvalue weighted by atomic mass is 16.2.